The van der Waals surface area contributed by atoms with Crippen molar-refractivity contribution in [3.63, 3.8) is 0 Å². The first-order valence-electron chi connectivity index (χ1n) is 11.1. The lowest BCUT2D eigenvalue weighted by Gasteiger charge is -2.38. The van der Waals surface area contributed by atoms with Crippen LogP contribution in [0.25, 0.3) is 0 Å². The van der Waals surface area contributed by atoms with Gasteiger partial charge in [0.25, 0.3) is 10.0 Å². The summed E-state index contributed by atoms with van der Waals surface area (Å²) in [6.45, 7) is 1.37. The van der Waals surface area contributed by atoms with Crippen LogP contribution in [0.15, 0.2) is 89.8 Å². The highest BCUT2D eigenvalue weighted by Crippen LogP contribution is 2.34. The number of benzene rings is 3. The van der Waals surface area contributed by atoms with Crippen LogP contribution in [0.2, 0.25) is 0 Å². The zero-order valence-corrected chi connectivity index (χ0v) is 21.7. The van der Waals surface area contributed by atoms with Crippen molar-refractivity contribution < 1.29 is 17.9 Å². The topological polar surface area (TPSA) is 75.7 Å². The van der Waals surface area contributed by atoms with Gasteiger partial charge < -0.3 is 10.1 Å². The highest BCUT2D eigenvalue weighted by Gasteiger charge is 2.35. The van der Waals surface area contributed by atoms with Crippen molar-refractivity contribution in [1.29, 1.82) is 0 Å². The maximum absolute atomic E-state index is 13.5. The molecule has 6 nitrogen and oxygen atoms in total. The van der Waals surface area contributed by atoms with Gasteiger partial charge >= 0.3 is 0 Å². The van der Waals surface area contributed by atoms with Gasteiger partial charge in [0.2, 0.25) is 5.91 Å². The van der Waals surface area contributed by atoms with Gasteiger partial charge in [-0.05, 0) is 77.4 Å². The molecule has 1 amide bonds. The quantitative estimate of drug-likeness (QED) is 0.396. The fraction of sp³-hybridized carbons (Fsp3) is 0.269. The molecule has 3 aromatic carbocycles. The Morgan fingerprint density at radius 2 is 1.50 bits per heavy atom. The molecule has 1 saturated heterocycles. The second kappa shape index (κ2) is 10.9. The Bertz CT molecular complexity index is 1200. The van der Waals surface area contributed by atoms with E-state index >= 15 is 0 Å². The van der Waals surface area contributed by atoms with Crippen LogP contribution in [0, 0.1) is 3.57 Å². The van der Waals surface area contributed by atoms with E-state index in [2.05, 4.69) is 40.0 Å². The average Bonchev–Trinajstić information content (AvgIpc) is 2.88. The minimum Gasteiger partial charge on any atom is -0.381 e. The van der Waals surface area contributed by atoms with E-state index in [1.807, 2.05) is 30.3 Å². The standard InChI is InChI=1S/C26H27IN2O4S/c27-22-11-13-23(14-12-22)29(34(31,32)24-9-5-2-6-10-24)19-25(30)28-20-26(15-17-33-18-16-26)21-7-3-1-4-8-21/h1-14H,15-20H2,(H,28,30). The Kier molecular flexibility index (Phi) is 7.90. The van der Waals surface area contributed by atoms with E-state index in [4.69, 9.17) is 4.74 Å². The van der Waals surface area contributed by atoms with Gasteiger partial charge in [0.05, 0.1) is 10.6 Å². The number of anilines is 1. The molecule has 0 bridgehead atoms. The minimum absolute atomic E-state index is 0.145. The monoisotopic (exact) mass is 590 g/mol. The summed E-state index contributed by atoms with van der Waals surface area (Å²) in [6, 6.07) is 25.4. The number of carbonyl (C=O) groups excluding carboxylic acids is 1. The maximum atomic E-state index is 13.5. The molecule has 8 heteroatoms. The van der Waals surface area contributed by atoms with Crippen molar-refractivity contribution in [2.75, 3.05) is 30.6 Å². The predicted molar refractivity (Wildman–Crippen MR) is 141 cm³/mol. The molecular formula is C26H27IN2O4S. The largest absolute Gasteiger partial charge is 0.381 e. The normalized spacial score (nSPS) is 15.4. The van der Waals surface area contributed by atoms with Gasteiger partial charge in [-0.3, -0.25) is 9.10 Å². The molecule has 1 aliphatic rings. The zero-order chi connectivity index (χ0) is 24.0. The van der Waals surface area contributed by atoms with Crippen molar-refractivity contribution in [1.82, 2.24) is 5.32 Å². The number of nitrogens with zero attached hydrogens (tertiary/aromatic N) is 1. The fourth-order valence-corrected chi connectivity index (χ4v) is 6.02. The van der Waals surface area contributed by atoms with Gasteiger partial charge in [-0.15, -0.1) is 0 Å². The number of halogens is 1. The summed E-state index contributed by atoms with van der Waals surface area (Å²) in [5.74, 6) is -0.347. The molecule has 0 unspecified atom stereocenters. The minimum atomic E-state index is -3.92. The summed E-state index contributed by atoms with van der Waals surface area (Å²) in [4.78, 5) is 13.3. The van der Waals surface area contributed by atoms with Gasteiger partial charge in [-0.2, -0.15) is 0 Å². The molecule has 0 saturated carbocycles. The van der Waals surface area contributed by atoms with Crippen LogP contribution in [0.3, 0.4) is 0 Å². The van der Waals surface area contributed by atoms with Gasteiger partial charge in [-0.1, -0.05) is 48.5 Å². The Morgan fingerprint density at radius 1 is 0.912 bits per heavy atom. The number of hydrogen-bond acceptors (Lipinski definition) is 4. The number of sulfonamides is 1. The third-order valence-electron chi connectivity index (χ3n) is 6.19. The Hall–Kier alpha value is -2.43. The van der Waals surface area contributed by atoms with E-state index in [9.17, 15) is 13.2 Å². The number of rotatable bonds is 8. The fourth-order valence-electron chi connectivity index (χ4n) is 4.22. The van der Waals surface area contributed by atoms with Crippen molar-refractivity contribution >= 4 is 44.2 Å². The molecule has 1 heterocycles. The summed E-state index contributed by atoms with van der Waals surface area (Å²) in [5.41, 5.74) is 1.37. The number of amides is 1. The van der Waals surface area contributed by atoms with E-state index in [1.54, 1.807) is 42.5 Å². The van der Waals surface area contributed by atoms with Gasteiger partial charge in [0.1, 0.15) is 6.54 Å². The predicted octanol–water partition coefficient (Wildman–Crippen LogP) is 4.35. The molecule has 0 radical (unpaired) electrons. The van der Waals surface area contributed by atoms with Crippen LogP contribution in [-0.2, 0) is 25.0 Å². The van der Waals surface area contributed by atoms with Crippen LogP contribution in [-0.4, -0.2) is 40.6 Å². The molecule has 1 N–H and O–H groups in total. The second-order valence-corrected chi connectivity index (χ2v) is 11.4. The van der Waals surface area contributed by atoms with E-state index in [-0.39, 0.29) is 22.8 Å². The summed E-state index contributed by atoms with van der Waals surface area (Å²) < 4.78 is 34.7. The Morgan fingerprint density at radius 3 is 2.12 bits per heavy atom. The molecule has 1 fully saturated rings. The van der Waals surface area contributed by atoms with Crippen LogP contribution in [0.5, 0.6) is 0 Å². The van der Waals surface area contributed by atoms with Crippen LogP contribution >= 0.6 is 22.6 Å². The lowest BCUT2D eigenvalue weighted by atomic mass is 9.74. The molecule has 0 spiro atoms. The van der Waals surface area contributed by atoms with E-state index in [0.29, 0.717) is 25.4 Å². The first-order valence-corrected chi connectivity index (χ1v) is 13.7. The zero-order valence-electron chi connectivity index (χ0n) is 18.7. The number of hydrogen-bond donors (Lipinski definition) is 1. The van der Waals surface area contributed by atoms with Gasteiger partial charge in [-0.25, -0.2) is 8.42 Å². The summed E-state index contributed by atoms with van der Waals surface area (Å²) in [6.07, 6.45) is 1.58. The van der Waals surface area contributed by atoms with Crippen molar-refractivity contribution in [2.24, 2.45) is 0 Å². The molecule has 3 aromatic rings. The van der Waals surface area contributed by atoms with Gasteiger partial charge in [0, 0.05) is 28.7 Å². The molecule has 0 aliphatic carbocycles. The molecule has 1 aliphatic heterocycles. The lowest BCUT2D eigenvalue weighted by Crippen LogP contribution is -2.48. The van der Waals surface area contributed by atoms with E-state index in [1.165, 1.54) is 4.31 Å². The van der Waals surface area contributed by atoms with E-state index in [0.717, 1.165) is 22.0 Å². The van der Waals surface area contributed by atoms with Crippen LogP contribution in [0.1, 0.15) is 18.4 Å². The van der Waals surface area contributed by atoms with Crippen LogP contribution < -0.4 is 9.62 Å². The average molecular weight is 590 g/mol. The summed E-state index contributed by atoms with van der Waals surface area (Å²) in [5, 5.41) is 3.02. The van der Waals surface area contributed by atoms with Gasteiger partial charge in [0.15, 0.2) is 0 Å². The van der Waals surface area contributed by atoms with Crippen LogP contribution in [0.4, 0.5) is 5.69 Å². The van der Waals surface area contributed by atoms with Crippen molar-refractivity contribution in [2.45, 2.75) is 23.2 Å². The third-order valence-corrected chi connectivity index (χ3v) is 8.70. The Labute approximate surface area is 214 Å². The first-order chi connectivity index (χ1) is 16.4. The molecular weight excluding hydrogens is 563 g/mol. The highest BCUT2D eigenvalue weighted by atomic mass is 127. The van der Waals surface area contributed by atoms with E-state index < -0.39 is 10.0 Å². The number of ether oxygens (including phenoxy) is 1. The number of nitrogens with one attached hydrogen (secondary N) is 1. The third kappa shape index (κ3) is 5.61. The number of carbonyl (C=O) groups is 1. The smallest absolute Gasteiger partial charge is 0.264 e. The molecule has 4 rings (SSSR count). The maximum Gasteiger partial charge on any atom is 0.264 e. The summed E-state index contributed by atoms with van der Waals surface area (Å²) >= 11 is 2.17. The second-order valence-electron chi connectivity index (χ2n) is 8.34. The molecule has 178 valence electrons. The van der Waals surface area contributed by atoms with Crippen molar-refractivity contribution in [3.8, 4) is 0 Å². The molecule has 34 heavy (non-hydrogen) atoms. The molecule has 0 aromatic heterocycles. The lowest BCUT2D eigenvalue weighted by molar-refractivity contribution is -0.120. The van der Waals surface area contributed by atoms with Crippen molar-refractivity contribution in [3.05, 3.63) is 94.1 Å². The molecule has 0 atom stereocenters. The Balaban J connectivity index is 1.56. The first kappa shape index (κ1) is 24.7. The highest BCUT2D eigenvalue weighted by molar-refractivity contribution is 14.1. The summed E-state index contributed by atoms with van der Waals surface area (Å²) in [7, 11) is -3.92. The SMILES string of the molecule is O=C(CN(c1ccc(I)cc1)S(=O)(=O)c1ccccc1)NCC1(c2ccccc2)CCOCC1.